The van der Waals surface area contributed by atoms with Crippen LogP contribution in [0.25, 0.3) is 0 Å². The number of Topliss-reactive ketones (excluding diaryl/α,β-unsaturated/α-hetero) is 1. The van der Waals surface area contributed by atoms with Crippen LogP contribution in [0.4, 0.5) is 11.4 Å². The molecule has 0 radical (unpaired) electrons. The van der Waals surface area contributed by atoms with Crippen LogP contribution in [0, 0.1) is 10.1 Å². The Morgan fingerprint density at radius 3 is 2.54 bits per heavy atom. The first-order valence-electron chi connectivity index (χ1n) is 6.81. The molecule has 2 N–H and O–H groups in total. The fourth-order valence-corrected chi connectivity index (χ4v) is 2.00. The number of benzene rings is 2. The molecular weight excluding hydrogens is 316 g/mol. The van der Waals surface area contributed by atoms with Crippen LogP contribution in [0.1, 0.15) is 20.7 Å². The maximum atomic E-state index is 12.1. The average Bonchev–Trinajstić information content (AvgIpc) is 2.59. The van der Waals surface area contributed by atoms with Crippen LogP contribution in [0.3, 0.4) is 0 Å². The molecular formula is C16H14N2O6. The number of hydrogen-bond acceptors (Lipinski definition) is 7. The van der Waals surface area contributed by atoms with Gasteiger partial charge in [-0.2, -0.15) is 0 Å². The standard InChI is InChI=1S/C16H14N2O6/c1-23-15-5-3-2-4-11(15)14(19)9-24-16(20)12-8-10(18(21)22)6-7-13(12)17/h2-8H,9,17H2,1H3. The minimum Gasteiger partial charge on any atom is -0.496 e. The van der Waals surface area contributed by atoms with Crippen LogP contribution in [-0.4, -0.2) is 30.4 Å². The highest BCUT2D eigenvalue weighted by Crippen LogP contribution is 2.21. The van der Waals surface area contributed by atoms with Gasteiger partial charge < -0.3 is 15.2 Å². The number of esters is 1. The fraction of sp³-hybridized carbons (Fsp3) is 0.125. The number of non-ortho nitro benzene ring substituents is 1. The zero-order valence-electron chi connectivity index (χ0n) is 12.7. The highest BCUT2D eigenvalue weighted by molar-refractivity contribution is 6.02. The Morgan fingerprint density at radius 2 is 1.88 bits per heavy atom. The second kappa shape index (κ2) is 7.23. The Labute approximate surface area is 136 Å². The quantitative estimate of drug-likeness (QED) is 0.283. The molecule has 0 amide bonds. The lowest BCUT2D eigenvalue weighted by Crippen LogP contribution is -2.16. The maximum Gasteiger partial charge on any atom is 0.340 e. The number of ether oxygens (including phenoxy) is 2. The molecule has 0 heterocycles. The van der Waals surface area contributed by atoms with Crippen LogP contribution < -0.4 is 10.5 Å². The van der Waals surface area contributed by atoms with Crippen LogP contribution >= 0.6 is 0 Å². The maximum absolute atomic E-state index is 12.1. The third-order valence-electron chi connectivity index (χ3n) is 3.21. The molecule has 8 heteroatoms. The van der Waals surface area contributed by atoms with Gasteiger partial charge in [0.25, 0.3) is 5.69 Å². The molecule has 0 atom stereocenters. The van der Waals surface area contributed by atoms with E-state index in [2.05, 4.69) is 0 Å². The predicted octanol–water partition coefficient (Wildman–Crippen LogP) is 2.23. The van der Waals surface area contributed by atoms with Gasteiger partial charge in [0, 0.05) is 17.8 Å². The Balaban J connectivity index is 2.12. The zero-order chi connectivity index (χ0) is 17.7. The third kappa shape index (κ3) is 3.67. The fourth-order valence-electron chi connectivity index (χ4n) is 2.00. The topological polar surface area (TPSA) is 122 Å². The van der Waals surface area contributed by atoms with Crippen molar-refractivity contribution in [1.82, 2.24) is 0 Å². The summed E-state index contributed by atoms with van der Waals surface area (Å²) in [5.74, 6) is -1.03. The summed E-state index contributed by atoms with van der Waals surface area (Å²) in [7, 11) is 1.42. The molecule has 0 saturated carbocycles. The Morgan fingerprint density at radius 1 is 1.17 bits per heavy atom. The summed E-state index contributed by atoms with van der Waals surface area (Å²) in [4.78, 5) is 34.2. The van der Waals surface area contributed by atoms with Gasteiger partial charge >= 0.3 is 5.97 Å². The minimum absolute atomic E-state index is 0.0235. The summed E-state index contributed by atoms with van der Waals surface area (Å²) < 4.78 is 9.98. The molecule has 2 aromatic carbocycles. The number of carbonyl (C=O) groups is 2. The Hall–Kier alpha value is -3.42. The van der Waals surface area contributed by atoms with Crippen molar-refractivity contribution in [2.45, 2.75) is 0 Å². The van der Waals surface area contributed by atoms with E-state index >= 15 is 0 Å². The molecule has 124 valence electrons. The number of nitro groups is 1. The molecule has 0 aliphatic heterocycles. The highest BCUT2D eigenvalue weighted by Gasteiger charge is 2.19. The number of ketones is 1. The number of nitrogen functional groups attached to an aromatic ring is 1. The molecule has 2 aromatic rings. The molecule has 0 aliphatic rings. The molecule has 8 nitrogen and oxygen atoms in total. The Bertz CT molecular complexity index is 803. The van der Waals surface area contributed by atoms with Gasteiger partial charge in [0.1, 0.15) is 5.75 Å². The smallest absolute Gasteiger partial charge is 0.340 e. The molecule has 0 spiro atoms. The van der Waals surface area contributed by atoms with E-state index in [1.54, 1.807) is 18.2 Å². The number of methoxy groups -OCH3 is 1. The van der Waals surface area contributed by atoms with Gasteiger partial charge in [-0.25, -0.2) is 4.79 Å². The first-order valence-corrected chi connectivity index (χ1v) is 6.81. The summed E-state index contributed by atoms with van der Waals surface area (Å²) in [6.07, 6.45) is 0. The molecule has 0 fully saturated rings. The van der Waals surface area contributed by atoms with E-state index in [1.807, 2.05) is 0 Å². The van der Waals surface area contributed by atoms with E-state index < -0.39 is 23.3 Å². The number of nitrogens with zero attached hydrogens (tertiary/aromatic N) is 1. The number of nitro benzene ring substituents is 1. The number of carbonyl (C=O) groups excluding carboxylic acids is 2. The lowest BCUT2D eigenvalue weighted by molar-refractivity contribution is -0.384. The van der Waals surface area contributed by atoms with Crippen LogP contribution in [0.5, 0.6) is 5.75 Å². The zero-order valence-corrected chi connectivity index (χ0v) is 12.7. The first kappa shape index (κ1) is 16.9. The van der Waals surface area contributed by atoms with E-state index in [-0.39, 0.29) is 22.5 Å². The lowest BCUT2D eigenvalue weighted by Gasteiger charge is -2.09. The number of anilines is 1. The van der Waals surface area contributed by atoms with Crippen LogP contribution in [0.2, 0.25) is 0 Å². The van der Waals surface area contributed by atoms with Crippen LogP contribution in [-0.2, 0) is 4.74 Å². The molecule has 0 unspecified atom stereocenters. The molecule has 0 bridgehead atoms. The van der Waals surface area contributed by atoms with E-state index in [4.69, 9.17) is 15.2 Å². The normalized spacial score (nSPS) is 10.0. The minimum atomic E-state index is -0.917. The van der Waals surface area contributed by atoms with Crippen molar-refractivity contribution in [3.05, 3.63) is 63.7 Å². The molecule has 0 saturated heterocycles. The number of hydrogen-bond donors (Lipinski definition) is 1. The van der Waals surface area contributed by atoms with Crippen molar-refractivity contribution in [2.24, 2.45) is 0 Å². The van der Waals surface area contributed by atoms with E-state index in [0.29, 0.717) is 5.75 Å². The lowest BCUT2D eigenvalue weighted by atomic mass is 10.1. The number of para-hydroxylation sites is 1. The first-order chi connectivity index (χ1) is 11.4. The van der Waals surface area contributed by atoms with Crippen molar-refractivity contribution in [3.8, 4) is 5.75 Å². The van der Waals surface area contributed by atoms with Gasteiger partial charge in [0.05, 0.1) is 23.2 Å². The van der Waals surface area contributed by atoms with Gasteiger partial charge in [-0.3, -0.25) is 14.9 Å². The summed E-state index contributed by atoms with van der Waals surface area (Å²) in [6, 6.07) is 9.90. The molecule has 2 rings (SSSR count). The van der Waals surface area contributed by atoms with Gasteiger partial charge in [-0.1, -0.05) is 12.1 Å². The predicted molar refractivity (Wildman–Crippen MR) is 85.1 cm³/mol. The average molecular weight is 330 g/mol. The van der Waals surface area contributed by atoms with E-state index in [0.717, 1.165) is 6.07 Å². The summed E-state index contributed by atoms with van der Waals surface area (Å²) in [6.45, 7) is -0.540. The Kier molecular flexibility index (Phi) is 5.10. The van der Waals surface area contributed by atoms with Gasteiger partial charge in [0.15, 0.2) is 6.61 Å². The molecule has 0 aromatic heterocycles. The third-order valence-corrected chi connectivity index (χ3v) is 3.21. The highest BCUT2D eigenvalue weighted by atomic mass is 16.6. The SMILES string of the molecule is COc1ccccc1C(=O)COC(=O)c1cc([N+](=O)[O-])ccc1N. The van der Waals surface area contributed by atoms with Gasteiger partial charge in [-0.15, -0.1) is 0 Å². The monoisotopic (exact) mass is 330 g/mol. The summed E-state index contributed by atoms with van der Waals surface area (Å²) in [5, 5.41) is 10.8. The van der Waals surface area contributed by atoms with Crippen molar-refractivity contribution >= 4 is 23.1 Å². The second-order valence-electron chi connectivity index (χ2n) is 4.73. The van der Waals surface area contributed by atoms with E-state index in [9.17, 15) is 19.7 Å². The van der Waals surface area contributed by atoms with Gasteiger partial charge in [-0.05, 0) is 18.2 Å². The largest absolute Gasteiger partial charge is 0.496 e. The second-order valence-corrected chi connectivity index (χ2v) is 4.73. The van der Waals surface area contributed by atoms with Crippen LogP contribution in [0.15, 0.2) is 42.5 Å². The molecule has 0 aliphatic carbocycles. The number of nitrogens with two attached hydrogens (primary N) is 1. The number of rotatable bonds is 6. The van der Waals surface area contributed by atoms with Gasteiger partial charge in [0.2, 0.25) is 5.78 Å². The van der Waals surface area contributed by atoms with Crippen molar-refractivity contribution < 1.29 is 24.0 Å². The summed E-state index contributed by atoms with van der Waals surface area (Å²) >= 11 is 0. The van der Waals surface area contributed by atoms with Crippen molar-refractivity contribution in [1.29, 1.82) is 0 Å². The summed E-state index contributed by atoms with van der Waals surface area (Å²) in [5.41, 5.74) is 5.44. The van der Waals surface area contributed by atoms with E-state index in [1.165, 1.54) is 25.3 Å². The van der Waals surface area contributed by atoms with Crippen molar-refractivity contribution in [2.75, 3.05) is 19.5 Å². The van der Waals surface area contributed by atoms with Crippen molar-refractivity contribution in [3.63, 3.8) is 0 Å². The molecule has 24 heavy (non-hydrogen) atoms.